The predicted molar refractivity (Wildman–Crippen MR) is 146 cm³/mol. The molecular formula is C27H23ClIN3O5. The van der Waals surface area contributed by atoms with E-state index in [9.17, 15) is 9.59 Å². The molecular weight excluding hydrogens is 609 g/mol. The molecule has 190 valence electrons. The molecule has 2 aromatic heterocycles. The summed E-state index contributed by atoms with van der Waals surface area (Å²) in [5.41, 5.74) is 3.56. The van der Waals surface area contributed by atoms with E-state index >= 15 is 0 Å². The molecule has 5 rings (SSSR count). The van der Waals surface area contributed by atoms with Crippen molar-refractivity contribution in [3.63, 3.8) is 0 Å². The maximum atomic E-state index is 12.9. The number of hydrogen-bond acceptors (Lipinski definition) is 7. The average molecular weight is 632 g/mol. The summed E-state index contributed by atoms with van der Waals surface area (Å²) < 4.78 is 20.4. The van der Waals surface area contributed by atoms with E-state index in [1.54, 1.807) is 24.3 Å². The van der Waals surface area contributed by atoms with Crippen molar-refractivity contribution in [2.75, 3.05) is 6.61 Å². The highest BCUT2D eigenvalue weighted by molar-refractivity contribution is 14.1. The number of carbonyl (C=O) groups is 2. The van der Waals surface area contributed by atoms with E-state index in [0.29, 0.717) is 28.3 Å². The number of carbonyl (C=O) groups excluding carboxylic acids is 2. The van der Waals surface area contributed by atoms with E-state index in [2.05, 4.69) is 32.6 Å². The van der Waals surface area contributed by atoms with Gasteiger partial charge in [-0.1, -0.05) is 47.0 Å². The number of nitrogens with zero attached hydrogens (tertiary/aromatic N) is 3. The van der Waals surface area contributed by atoms with E-state index in [-0.39, 0.29) is 6.61 Å². The summed E-state index contributed by atoms with van der Waals surface area (Å²) in [4.78, 5) is 34.0. The summed E-state index contributed by atoms with van der Waals surface area (Å²) in [6, 6.07) is 14.2. The van der Waals surface area contributed by atoms with Gasteiger partial charge in [-0.3, -0.25) is 0 Å². The van der Waals surface area contributed by atoms with Crippen LogP contribution in [0.5, 0.6) is 0 Å². The first-order valence-electron chi connectivity index (χ1n) is 11.6. The third kappa shape index (κ3) is 5.48. The summed E-state index contributed by atoms with van der Waals surface area (Å²) in [7, 11) is 0. The van der Waals surface area contributed by atoms with E-state index < -0.39 is 30.4 Å². The van der Waals surface area contributed by atoms with Crippen molar-refractivity contribution >= 4 is 57.2 Å². The maximum Gasteiger partial charge on any atom is 0.338 e. The van der Waals surface area contributed by atoms with Gasteiger partial charge in [0.15, 0.2) is 0 Å². The van der Waals surface area contributed by atoms with Gasteiger partial charge >= 0.3 is 11.9 Å². The Morgan fingerprint density at radius 3 is 2.30 bits per heavy atom. The Morgan fingerprint density at radius 2 is 1.65 bits per heavy atom. The van der Waals surface area contributed by atoms with Crippen LogP contribution < -0.4 is 0 Å². The molecule has 0 aliphatic carbocycles. The zero-order chi connectivity index (χ0) is 26.1. The van der Waals surface area contributed by atoms with Crippen molar-refractivity contribution in [3.8, 4) is 0 Å². The second kappa shape index (κ2) is 10.8. The Labute approximate surface area is 232 Å². The Balaban J connectivity index is 1.38. The highest BCUT2D eigenvalue weighted by Gasteiger charge is 2.40. The lowest BCUT2D eigenvalue weighted by molar-refractivity contribution is -0.0562. The average Bonchev–Trinajstić information content (AvgIpc) is 3.44. The number of esters is 2. The summed E-state index contributed by atoms with van der Waals surface area (Å²) in [6.07, 6.45) is 1.75. The first kappa shape index (κ1) is 25.6. The van der Waals surface area contributed by atoms with Gasteiger partial charge in [0.25, 0.3) is 0 Å². The molecule has 1 fully saturated rings. The van der Waals surface area contributed by atoms with Crippen LogP contribution in [-0.2, 0) is 14.2 Å². The van der Waals surface area contributed by atoms with Gasteiger partial charge in [-0.15, -0.1) is 0 Å². The molecule has 0 amide bonds. The van der Waals surface area contributed by atoms with Crippen LogP contribution in [0, 0.1) is 17.4 Å². The van der Waals surface area contributed by atoms with Crippen molar-refractivity contribution in [3.05, 3.63) is 92.0 Å². The van der Waals surface area contributed by atoms with Crippen molar-refractivity contribution in [2.45, 2.75) is 38.7 Å². The standard InChI is InChI=1S/C27H23ClIN3O5/c1-15-3-7-17(8-4-15)26(33)35-13-21-20(37-27(34)18-9-5-16(2)6-10-18)11-22(36-21)32-12-19(29)23-24(28)30-14-31-25(23)32/h3-10,12,14,20-22H,11,13H2,1-2H3/t20?,21-,22-/m1/s1. The lowest BCUT2D eigenvalue weighted by Gasteiger charge is -2.19. The highest BCUT2D eigenvalue weighted by atomic mass is 127. The van der Waals surface area contributed by atoms with Crippen LogP contribution in [0.4, 0.5) is 0 Å². The van der Waals surface area contributed by atoms with E-state index in [1.165, 1.54) is 6.33 Å². The van der Waals surface area contributed by atoms with E-state index in [4.69, 9.17) is 25.8 Å². The molecule has 1 unspecified atom stereocenters. The number of halogens is 2. The first-order chi connectivity index (χ1) is 17.8. The van der Waals surface area contributed by atoms with Crippen molar-refractivity contribution in [1.82, 2.24) is 14.5 Å². The van der Waals surface area contributed by atoms with Gasteiger partial charge in [-0.2, -0.15) is 0 Å². The van der Waals surface area contributed by atoms with Gasteiger partial charge in [-0.25, -0.2) is 19.6 Å². The number of rotatable bonds is 6. The number of ether oxygens (including phenoxy) is 3. The van der Waals surface area contributed by atoms with Crippen LogP contribution in [0.25, 0.3) is 11.0 Å². The SMILES string of the molecule is Cc1ccc(C(=O)OC[C@H]2O[C@@H](n3cc(I)c4c(Cl)ncnc43)CC2OC(=O)c2ccc(C)cc2)cc1. The lowest BCUT2D eigenvalue weighted by Crippen LogP contribution is -2.32. The largest absolute Gasteiger partial charge is 0.459 e. The molecule has 0 N–H and O–H groups in total. The zero-order valence-corrected chi connectivity index (χ0v) is 23.0. The molecule has 3 atom stereocenters. The third-order valence-electron chi connectivity index (χ3n) is 6.22. The molecule has 0 bridgehead atoms. The Kier molecular flexibility index (Phi) is 7.45. The van der Waals surface area contributed by atoms with E-state index in [0.717, 1.165) is 20.1 Å². The fraction of sp³-hybridized carbons (Fsp3) is 0.259. The van der Waals surface area contributed by atoms with Gasteiger partial charge in [0, 0.05) is 16.2 Å². The topological polar surface area (TPSA) is 92.5 Å². The van der Waals surface area contributed by atoms with Crippen LogP contribution in [0.3, 0.4) is 0 Å². The molecule has 1 aliphatic rings. The molecule has 0 radical (unpaired) electrons. The van der Waals surface area contributed by atoms with Crippen LogP contribution in [0.15, 0.2) is 61.1 Å². The quantitative estimate of drug-likeness (QED) is 0.154. The number of aryl methyl sites for hydroxylation is 2. The maximum absolute atomic E-state index is 12.9. The molecule has 0 saturated carbocycles. The molecule has 8 nitrogen and oxygen atoms in total. The summed E-state index contributed by atoms with van der Waals surface area (Å²) in [6.45, 7) is 3.81. The van der Waals surface area contributed by atoms with E-state index in [1.807, 2.05) is 48.9 Å². The van der Waals surface area contributed by atoms with Crippen LogP contribution in [-0.4, -0.2) is 45.3 Å². The second-order valence-corrected chi connectivity index (χ2v) is 10.4. The summed E-state index contributed by atoms with van der Waals surface area (Å²) >= 11 is 8.47. The predicted octanol–water partition coefficient (Wildman–Crippen LogP) is 5.68. The molecule has 10 heteroatoms. The second-order valence-electron chi connectivity index (χ2n) is 8.89. The highest BCUT2D eigenvalue weighted by Crippen LogP contribution is 2.36. The van der Waals surface area contributed by atoms with Gasteiger partial charge in [0.2, 0.25) is 0 Å². The normalized spacial score (nSPS) is 19.2. The number of aromatic nitrogens is 3. The van der Waals surface area contributed by atoms with Gasteiger partial charge in [0.05, 0.1) is 16.5 Å². The number of hydrogen-bond donors (Lipinski definition) is 0. The minimum atomic E-state index is -0.679. The minimum Gasteiger partial charge on any atom is -0.459 e. The Bertz CT molecular complexity index is 1460. The lowest BCUT2D eigenvalue weighted by atomic mass is 10.1. The fourth-order valence-corrected chi connectivity index (χ4v) is 5.38. The Morgan fingerprint density at radius 1 is 1.03 bits per heavy atom. The third-order valence-corrected chi connectivity index (χ3v) is 7.32. The monoisotopic (exact) mass is 631 g/mol. The van der Waals surface area contributed by atoms with Gasteiger partial charge in [-0.05, 0) is 60.7 Å². The molecule has 1 saturated heterocycles. The summed E-state index contributed by atoms with van der Waals surface area (Å²) in [5.74, 6) is -0.947. The van der Waals surface area contributed by atoms with Crippen molar-refractivity contribution < 1.29 is 23.8 Å². The fourth-order valence-electron chi connectivity index (χ4n) is 4.20. The molecule has 2 aromatic carbocycles. The van der Waals surface area contributed by atoms with Crippen LogP contribution >= 0.6 is 34.2 Å². The van der Waals surface area contributed by atoms with Gasteiger partial charge in [0.1, 0.15) is 42.2 Å². The minimum absolute atomic E-state index is 0.0823. The first-order valence-corrected chi connectivity index (χ1v) is 13.1. The zero-order valence-electron chi connectivity index (χ0n) is 20.1. The summed E-state index contributed by atoms with van der Waals surface area (Å²) in [5, 5.41) is 1.06. The van der Waals surface area contributed by atoms with Crippen LogP contribution in [0.1, 0.15) is 44.5 Å². The number of benzene rings is 2. The molecule has 3 heterocycles. The van der Waals surface area contributed by atoms with Gasteiger partial charge < -0.3 is 18.8 Å². The Hall–Kier alpha value is -3.02. The molecule has 1 aliphatic heterocycles. The molecule has 0 spiro atoms. The van der Waals surface area contributed by atoms with Crippen molar-refractivity contribution in [2.24, 2.45) is 0 Å². The number of fused-ring (bicyclic) bond motifs is 1. The van der Waals surface area contributed by atoms with Crippen molar-refractivity contribution in [1.29, 1.82) is 0 Å². The van der Waals surface area contributed by atoms with Crippen LogP contribution in [0.2, 0.25) is 5.15 Å². The smallest absolute Gasteiger partial charge is 0.338 e. The molecule has 4 aromatic rings. The molecule has 37 heavy (non-hydrogen) atoms.